The van der Waals surface area contributed by atoms with Crippen LogP contribution in [0.1, 0.15) is 19.2 Å². The Morgan fingerprint density at radius 2 is 1.81 bits per heavy atom. The van der Waals surface area contributed by atoms with E-state index in [1.165, 1.54) is 5.52 Å². The molecule has 0 saturated carbocycles. The number of hydrogen-bond donors (Lipinski definition) is 2. The summed E-state index contributed by atoms with van der Waals surface area (Å²) in [7, 11) is 3.42. The number of aromatic nitrogens is 2. The minimum Gasteiger partial charge on any atom is -0.493 e. The number of benzene rings is 2. The van der Waals surface area contributed by atoms with Gasteiger partial charge < -0.3 is 24.7 Å². The fourth-order valence-electron chi connectivity index (χ4n) is 3.36. The van der Waals surface area contributed by atoms with Crippen molar-refractivity contribution < 1.29 is 9.47 Å². The maximum Gasteiger partial charge on any atom is 0.191 e. The van der Waals surface area contributed by atoms with Gasteiger partial charge in [0.05, 0.1) is 24.7 Å². The Labute approximate surface area is 201 Å². The molecule has 0 radical (unpaired) electrons. The molecule has 1 aromatic heterocycles. The molecule has 0 aliphatic carbocycles. The summed E-state index contributed by atoms with van der Waals surface area (Å²) >= 11 is 0. The van der Waals surface area contributed by atoms with Crippen LogP contribution in [0.4, 0.5) is 0 Å². The van der Waals surface area contributed by atoms with Crippen LogP contribution in [0.15, 0.2) is 53.5 Å². The van der Waals surface area contributed by atoms with Crippen molar-refractivity contribution in [3.05, 3.63) is 54.4 Å². The average molecular weight is 537 g/mol. The number of fused-ring (bicyclic) bond motifs is 1. The standard InChI is InChI=1S/C23H31N5O2.HI/c1-17(30-22-13-8-7-12-21(22)29-4)16-26-23(24-3)25-14-9-15-28-18(2)27-19-10-5-6-11-20(19)28;/h5-8,10-13,17H,9,14-16H2,1-4H3,(H2,24,25,26);1H. The highest BCUT2D eigenvalue weighted by Gasteiger charge is 2.10. The summed E-state index contributed by atoms with van der Waals surface area (Å²) in [5.74, 6) is 3.27. The van der Waals surface area contributed by atoms with E-state index in [-0.39, 0.29) is 30.1 Å². The van der Waals surface area contributed by atoms with E-state index < -0.39 is 0 Å². The number of methoxy groups -OCH3 is 1. The number of ether oxygens (including phenoxy) is 2. The van der Waals surface area contributed by atoms with Crippen LogP contribution in [-0.4, -0.2) is 48.9 Å². The van der Waals surface area contributed by atoms with Crippen LogP contribution in [-0.2, 0) is 6.54 Å². The normalized spacial score (nSPS) is 12.2. The predicted molar refractivity (Wildman–Crippen MR) is 137 cm³/mol. The number of halogens is 1. The molecule has 2 N–H and O–H groups in total. The van der Waals surface area contributed by atoms with E-state index in [1.54, 1.807) is 14.2 Å². The van der Waals surface area contributed by atoms with E-state index in [0.29, 0.717) is 6.54 Å². The molecule has 0 saturated heterocycles. The monoisotopic (exact) mass is 537 g/mol. The SMILES string of the molecule is CN=C(NCCCn1c(C)nc2ccccc21)NCC(C)Oc1ccccc1OC.I. The number of hydrogen-bond acceptors (Lipinski definition) is 4. The number of imidazole rings is 1. The number of para-hydroxylation sites is 4. The highest BCUT2D eigenvalue weighted by atomic mass is 127. The van der Waals surface area contributed by atoms with Crippen LogP contribution in [0, 0.1) is 6.92 Å². The summed E-state index contributed by atoms with van der Waals surface area (Å²) in [5, 5.41) is 6.68. The van der Waals surface area contributed by atoms with Gasteiger partial charge in [0.25, 0.3) is 0 Å². The van der Waals surface area contributed by atoms with E-state index in [1.807, 2.05) is 37.3 Å². The summed E-state index contributed by atoms with van der Waals surface area (Å²) in [6, 6.07) is 15.9. The van der Waals surface area contributed by atoms with Crippen molar-refractivity contribution in [3.63, 3.8) is 0 Å². The maximum absolute atomic E-state index is 5.98. The molecule has 1 atom stereocenters. The lowest BCUT2D eigenvalue weighted by Crippen LogP contribution is -2.42. The van der Waals surface area contributed by atoms with Gasteiger partial charge in [0.1, 0.15) is 11.9 Å². The molecule has 31 heavy (non-hydrogen) atoms. The molecule has 0 aliphatic rings. The molecule has 2 aromatic carbocycles. The van der Waals surface area contributed by atoms with E-state index in [2.05, 4.69) is 50.3 Å². The molecule has 0 spiro atoms. The van der Waals surface area contributed by atoms with Gasteiger partial charge in [-0.25, -0.2) is 4.98 Å². The number of guanidine groups is 1. The molecule has 1 unspecified atom stereocenters. The van der Waals surface area contributed by atoms with Gasteiger partial charge in [-0.05, 0) is 44.5 Å². The van der Waals surface area contributed by atoms with E-state index in [9.17, 15) is 0 Å². The third-order valence-electron chi connectivity index (χ3n) is 4.87. The topological polar surface area (TPSA) is 72.7 Å². The first-order chi connectivity index (χ1) is 14.6. The zero-order valence-corrected chi connectivity index (χ0v) is 20.9. The van der Waals surface area contributed by atoms with Crippen molar-refractivity contribution in [2.45, 2.75) is 32.9 Å². The zero-order valence-electron chi connectivity index (χ0n) is 18.6. The Bertz CT molecular complexity index is 989. The molecule has 8 heteroatoms. The summed E-state index contributed by atoms with van der Waals surface area (Å²) in [6.07, 6.45) is 0.926. The lowest BCUT2D eigenvalue weighted by molar-refractivity contribution is 0.213. The van der Waals surface area contributed by atoms with Crippen LogP contribution in [0.5, 0.6) is 11.5 Å². The fourth-order valence-corrected chi connectivity index (χ4v) is 3.36. The van der Waals surface area contributed by atoms with Crippen LogP contribution < -0.4 is 20.1 Å². The third-order valence-corrected chi connectivity index (χ3v) is 4.87. The van der Waals surface area contributed by atoms with Crippen LogP contribution in [0.3, 0.4) is 0 Å². The first-order valence-electron chi connectivity index (χ1n) is 10.3. The molecule has 1 heterocycles. The molecule has 168 valence electrons. The zero-order chi connectivity index (χ0) is 21.3. The van der Waals surface area contributed by atoms with Crippen molar-refractivity contribution in [1.82, 2.24) is 20.2 Å². The Morgan fingerprint density at radius 1 is 1.10 bits per heavy atom. The van der Waals surface area contributed by atoms with Crippen molar-refractivity contribution in [3.8, 4) is 11.5 Å². The Hall–Kier alpha value is -2.49. The molecule has 0 amide bonds. The van der Waals surface area contributed by atoms with E-state index >= 15 is 0 Å². The lowest BCUT2D eigenvalue weighted by Gasteiger charge is -2.19. The number of aliphatic imine (C=N–C) groups is 1. The van der Waals surface area contributed by atoms with E-state index in [0.717, 1.165) is 48.3 Å². The molecule has 0 bridgehead atoms. The first-order valence-corrected chi connectivity index (χ1v) is 10.3. The van der Waals surface area contributed by atoms with Gasteiger partial charge in [-0.2, -0.15) is 0 Å². The lowest BCUT2D eigenvalue weighted by atomic mass is 10.3. The third kappa shape index (κ3) is 6.75. The predicted octanol–water partition coefficient (Wildman–Crippen LogP) is 3.99. The van der Waals surface area contributed by atoms with E-state index in [4.69, 9.17) is 9.47 Å². The smallest absolute Gasteiger partial charge is 0.191 e. The number of aryl methyl sites for hydroxylation is 2. The van der Waals surface area contributed by atoms with Crippen molar-refractivity contribution in [2.75, 3.05) is 27.2 Å². The number of rotatable bonds is 9. The molecule has 3 aromatic rings. The minimum atomic E-state index is -0.0418. The molecular weight excluding hydrogens is 505 g/mol. The van der Waals surface area contributed by atoms with Crippen molar-refractivity contribution in [2.24, 2.45) is 4.99 Å². The quantitative estimate of drug-likeness (QED) is 0.187. The highest BCUT2D eigenvalue weighted by molar-refractivity contribution is 14.0. The summed E-state index contributed by atoms with van der Waals surface area (Å²) in [4.78, 5) is 8.92. The van der Waals surface area contributed by atoms with Gasteiger partial charge in [0.15, 0.2) is 17.5 Å². The first kappa shape index (κ1) is 24.8. The highest BCUT2D eigenvalue weighted by Crippen LogP contribution is 2.26. The minimum absolute atomic E-state index is 0. The van der Waals surface area contributed by atoms with Gasteiger partial charge in [-0.1, -0.05) is 24.3 Å². The van der Waals surface area contributed by atoms with Gasteiger partial charge in [0, 0.05) is 20.1 Å². The maximum atomic E-state index is 5.98. The second kappa shape index (κ2) is 12.4. The molecule has 0 fully saturated rings. The molecular formula is C23H32IN5O2. The van der Waals surface area contributed by atoms with Gasteiger partial charge in [-0.15, -0.1) is 24.0 Å². The Morgan fingerprint density at radius 3 is 2.55 bits per heavy atom. The Kier molecular flexibility index (Phi) is 9.90. The second-order valence-electron chi connectivity index (χ2n) is 7.11. The molecule has 0 aliphatic heterocycles. The fraction of sp³-hybridized carbons (Fsp3) is 0.391. The van der Waals surface area contributed by atoms with Gasteiger partial charge in [-0.3, -0.25) is 4.99 Å². The van der Waals surface area contributed by atoms with Crippen molar-refractivity contribution >= 4 is 41.0 Å². The van der Waals surface area contributed by atoms with Crippen LogP contribution in [0.2, 0.25) is 0 Å². The number of nitrogens with one attached hydrogen (secondary N) is 2. The summed E-state index contributed by atoms with van der Waals surface area (Å²) in [5.41, 5.74) is 2.23. The van der Waals surface area contributed by atoms with Gasteiger partial charge in [0.2, 0.25) is 0 Å². The summed E-state index contributed by atoms with van der Waals surface area (Å²) in [6.45, 7) is 6.41. The molecule has 3 rings (SSSR count). The summed E-state index contributed by atoms with van der Waals surface area (Å²) < 4.78 is 13.6. The largest absolute Gasteiger partial charge is 0.493 e. The van der Waals surface area contributed by atoms with Crippen LogP contribution >= 0.6 is 24.0 Å². The average Bonchev–Trinajstić information content (AvgIpc) is 3.08. The Balaban J connectivity index is 0.00000341. The molecule has 7 nitrogen and oxygen atoms in total. The van der Waals surface area contributed by atoms with Crippen molar-refractivity contribution in [1.29, 1.82) is 0 Å². The number of nitrogens with zero attached hydrogens (tertiary/aromatic N) is 3. The van der Waals surface area contributed by atoms with Gasteiger partial charge >= 0.3 is 0 Å². The second-order valence-corrected chi connectivity index (χ2v) is 7.11. The van der Waals surface area contributed by atoms with Crippen LogP contribution in [0.25, 0.3) is 11.0 Å².